The van der Waals surface area contributed by atoms with Crippen LogP contribution in [0.15, 0.2) is 55.0 Å². The van der Waals surface area contributed by atoms with Crippen molar-refractivity contribution in [2.75, 3.05) is 31.1 Å². The van der Waals surface area contributed by atoms with E-state index in [0.29, 0.717) is 13.1 Å². The lowest BCUT2D eigenvalue weighted by atomic mass is 10.1. The summed E-state index contributed by atoms with van der Waals surface area (Å²) in [4.78, 5) is 20.2. The van der Waals surface area contributed by atoms with Crippen molar-refractivity contribution in [2.24, 2.45) is 0 Å². The van der Waals surface area contributed by atoms with Crippen LogP contribution in [0.5, 0.6) is 0 Å². The second-order valence-corrected chi connectivity index (χ2v) is 7.28. The first-order chi connectivity index (χ1) is 14.1. The Hall–Kier alpha value is -3.48. The summed E-state index contributed by atoms with van der Waals surface area (Å²) in [6, 6.07) is 10.5. The molecule has 2 aromatic heterocycles. The minimum absolute atomic E-state index is 0.118. The monoisotopic (exact) mass is 389 g/mol. The fourth-order valence-electron chi connectivity index (χ4n) is 4.07. The number of fused-ring (bicyclic) bond motifs is 3. The molecule has 1 fully saturated rings. The third-order valence-electron chi connectivity index (χ3n) is 5.58. The Labute approximate surface area is 167 Å². The van der Waals surface area contributed by atoms with Crippen molar-refractivity contribution in [3.8, 4) is 5.69 Å². The maximum atomic E-state index is 13.4. The zero-order valence-electron chi connectivity index (χ0n) is 16.0. The summed E-state index contributed by atoms with van der Waals surface area (Å²) in [5, 5.41) is 7.67. The third kappa shape index (κ3) is 2.99. The first-order valence-corrected chi connectivity index (χ1v) is 9.63. The third-order valence-corrected chi connectivity index (χ3v) is 5.58. The number of hydrogen-bond donors (Lipinski definition) is 0. The molecule has 3 heterocycles. The van der Waals surface area contributed by atoms with Gasteiger partial charge >= 0.3 is 0 Å². The Morgan fingerprint density at radius 3 is 2.48 bits per heavy atom. The molecular formula is C22H20FN5O. The van der Waals surface area contributed by atoms with Crippen molar-refractivity contribution in [3.63, 3.8) is 0 Å². The topological polar surface area (TPSA) is 54.3 Å². The molecule has 0 unspecified atom stereocenters. The lowest BCUT2D eigenvalue weighted by molar-refractivity contribution is -0.129. The normalized spacial score (nSPS) is 14.7. The van der Waals surface area contributed by atoms with Gasteiger partial charge in [0.2, 0.25) is 5.91 Å². The van der Waals surface area contributed by atoms with Crippen molar-refractivity contribution in [1.82, 2.24) is 19.7 Å². The molecule has 1 amide bonds. The molecule has 0 saturated carbocycles. The molecule has 0 N–H and O–H groups in total. The lowest BCUT2D eigenvalue weighted by Crippen LogP contribution is -2.48. The minimum Gasteiger partial charge on any atom is -0.367 e. The van der Waals surface area contributed by atoms with E-state index in [4.69, 9.17) is 0 Å². The van der Waals surface area contributed by atoms with Crippen LogP contribution in [0.25, 0.3) is 27.4 Å². The SMILES string of the molecule is CC(=O)N1CCN(c2cc3cnn(-c4ccc(F)cc4)c3c3ccncc23)CC1. The summed E-state index contributed by atoms with van der Waals surface area (Å²) in [7, 11) is 0. The van der Waals surface area contributed by atoms with Gasteiger partial charge in [-0.2, -0.15) is 5.10 Å². The average molecular weight is 389 g/mol. The van der Waals surface area contributed by atoms with Gasteiger partial charge in [0.15, 0.2) is 0 Å². The molecule has 5 rings (SSSR count). The summed E-state index contributed by atoms with van der Waals surface area (Å²) in [6.07, 6.45) is 5.50. The summed E-state index contributed by atoms with van der Waals surface area (Å²) in [6.45, 7) is 4.60. The highest BCUT2D eigenvalue weighted by Gasteiger charge is 2.22. The van der Waals surface area contributed by atoms with Crippen molar-refractivity contribution in [3.05, 3.63) is 60.8 Å². The standard InChI is InChI=1S/C22H20FN5O/c1-15(29)26-8-10-27(11-9-26)21-12-16-13-25-28(18-4-2-17(23)3-5-18)22(16)19-6-7-24-14-20(19)21/h2-7,12-14H,8-11H2,1H3. The Morgan fingerprint density at radius 2 is 1.76 bits per heavy atom. The Morgan fingerprint density at radius 1 is 1.00 bits per heavy atom. The minimum atomic E-state index is -0.272. The van der Waals surface area contributed by atoms with Gasteiger partial charge in [-0.25, -0.2) is 9.07 Å². The Balaban J connectivity index is 1.64. The smallest absolute Gasteiger partial charge is 0.219 e. The van der Waals surface area contributed by atoms with Crippen molar-refractivity contribution < 1.29 is 9.18 Å². The number of halogens is 1. The molecule has 6 nitrogen and oxygen atoms in total. The van der Waals surface area contributed by atoms with Gasteiger partial charge in [-0.1, -0.05) is 0 Å². The molecule has 1 saturated heterocycles. The van der Waals surface area contributed by atoms with Crippen LogP contribution in [-0.4, -0.2) is 51.8 Å². The molecule has 0 radical (unpaired) electrons. The quantitative estimate of drug-likeness (QED) is 0.527. The highest BCUT2D eigenvalue weighted by molar-refractivity contribution is 6.11. The van der Waals surface area contributed by atoms with Crippen LogP contribution in [0, 0.1) is 5.82 Å². The summed E-state index contributed by atoms with van der Waals surface area (Å²) >= 11 is 0. The van der Waals surface area contributed by atoms with Crippen LogP contribution in [0.1, 0.15) is 6.92 Å². The van der Waals surface area contributed by atoms with E-state index < -0.39 is 0 Å². The van der Waals surface area contributed by atoms with E-state index in [1.807, 2.05) is 28.0 Å². The van der Waals surface area contributed by atoms with Gasteiger partial charge in [-0.3, -0.25) is 9.78 Å². The van der Waals surface area contributed by atoms with E-state index in [0.717, 1.165) is 46.1 Å². The van der Waals surface area contributed by atoms with Gasteiger partial charge in [0.05, 0.1) is 17.4 Å². The van der Waals surface area contributed by atoms with E-state index in [-0.39, 0.29) is 11.7 Å². The zero-order chi connectivity index (χ0) is 20.0. The number of pyridine rings is 1. The second-order valence-electron chi connectivity index (χ2n) is 7.28. The number of carbonyl (C=O) groups excluding carboxylic acids is 1. The molecule has 4 aromatic rings. The average Bonchev–Trinajstić information content (AvgIpc) is 3.18. The number of hydrogen-bond acceptors (Lipinski definition) is 4. The first-order valence-electron chi connectivity index (χ1n) is 9.63. The summed E-state index contributed by atoms with van der Waals surface area (Å²) < 4.78 is 15.2. The van der Waals surface area contributed by atoms with E-state index in [9.17, 15) is 9.18 Å². The van der Waals surface area contributed by atoms with E-state index in [1.54, 1.807) is 25.3 Å². The fraction of sp³-hybridized carbons (Fsp3) is 0.227. The van der Waals surface area contributed by atoms with Gasteiger partial charge in [0.1, 0.15) is 5.82 Å². The zero-order valence-corrected chi connectivity index (χ0v) is 16.0. The predicted molar refractivity (Wildman–Crippen MR) is 111 cm³/mol. The number of amides is 1. The molecule has 146 valence electrons. The molecule has 1 aliphatic heterocycles. The highest BCUT2D eigenvalue weighted by atomic mass is 19.1. The predicted octanol–water partition coefficient (Wildman–Crippen LogP) is 3.38. The van der Waals surface area contributed by atoms with Crippen LogP contribution < -0.4 is 4.90 Å². The summed E-state index contributed by atoms with van der Waals surface area (Å²) in [5.41, 5.74) is 2.88. The molecule has 0 bridgehead atoms. The van der Waals surface area contributed by atoms with Crippen molar-refractivity contribution in [2.45, 2.75) is 6.92 Å². The first kappa shape index (κ1) is 17.6. The molecule has 7 heteroatoms. The van der Waals surface area contributed by atoms with Crippen LogP contribution in [0.2, 0.25) is 0 Å². The van der Waals surface area contributed by atoms with Gasteiger partial charge < -0.3 is 9.80 Å². The lowest BCUT2D eigenvalue weighted by Gasteiger charge is -2.36. The number of nitrogens with zero attached hydrogens (tertiary/aromatic N) is 5. The van der Waals surface area contributed by atoms with Crippen molar-refractivity contribution >= 4 is 33.3 Å². The van der Waals surface area contributed by atoms with E-state index in [2.05, 4.69) is 21.0 Å². The number of benzene rings is 2. The largest absolute Gasteiger partial charge is 0.367 e. The fourth-order valence-corrected chi connectivity index (χ4v) is 4.07. The molecule has 0 spiro atoms. The van der Waals surface area contributed by atoms with Gasteiger partial charge in [-0.05, 0) is 36.4 Å². The van der Waals surface area contributed by atoms with Crippen molar-refractivity contribution in [1.29, 1.82) is 0 Å². The maximum absolute atomic E-state index is 13.4. The molecule has 1 aliphatic rings. The van der Waals surface area contributed by atoms with Gasteiger partial charge in [0.25, 0.3) is 0 Å². The number of anilines is 1. The maximum Gasteiger partial charge on any atom is 0.219 e. The molecule has 2 aromatic carbocycles. The molecular weight excluding hydrogens is 369 g/mol. The molecule has 0 atom stereocenters. The van der Waals surface area contributed by atoms with E-state index in [1.165, 1.54) is 12.1 Å². The number of rotatable bonds is 2. The van der Waals surface area contributed by atoms with Gasteiger partial charge in [-0.15, -0.1) is 0 Å². The number of piperazine rings is 1. The number of carbonyl (C=O) groups is 1. The van der Waals surface area contributed by atoms with Crippen LogP contribution in [-0.2, 0) is 4.79 Å². The van der Waals surface area contributed by atoms with Crippen LogP contribution in [0.3, 0.4) is 0 Å². The van der Waals surface area contributed by atoms with Gasteiger partial charge in [0, 0.05) is 67.3 Å². The Bertz CT molecular complexity index is 1210. The summed E-state index contributed by atoms with van der Waals surface area (Å²) in [5.74, 6) is -0.154. The Kier molecular flexibility index (Phi) is 4.16. The molecule has 0 aliphatic carbocycles. The van der Waals surface area contributed by atoms with Crippen LogP contribution >= 0.6 is 0 Å². The second kappa shape index (κ2) is 6.84. The van der Waals surface area contributed by atoms with E-state index >= 15 is 0 Å². The highest BCUT2D eigenvalue weighted by Crippen LogP contribution is 2.35. The molecule has 29 heavy (non-hydrogen) atoms. The van der Waals surface area contributed by atoms with Crippen LogP contribution in [0.4, 0.5) is 10.1 Å². The number of aromatic nitrogens is 3.